The molecule has 6 heteroatoms. The fraction of sp³-hybridized carbons (Fsp3) is 0.562. The fourth-order valence-corrected chi connectivity index (χ4v) is 2.62. The number of ether oxygens (including phenoxy) is 1. The Bertz CT molecular complexity index is 628. The summed E-state index contributed by atoms with van der Waals surface area (Å²) in [5.74, 6) is -0.591. The van der Waals surface area contributed by atoms with Crippen molar-refractivity contribution in [1.29, 1.82) is 0 Å². The average Bonchev–Trinajstić information content (AvgIpc) is 3.30. The molecule has 0 saturated heterocycles. The number of aromatic nitrogens is 1. The first-order chi connectivity index (χ1) is 10.3. The van der Waals surface area contributed by atoms with Crippen LogP contribution in [0.2, 0.25) is 0 Å². The number of carbonyl (C=O) groups excluding carboxylic acids is 3. The van der Waals surface area contributed by atoms with E-state index in [2.05, 4.69) is 4.98 Å². The zero-order valence-electron chi connectivity index (χ0n) is 13.6. The molecule has 1 aliphatic carbocycles. The Morgan fingerprint density at radius 3 is 2.36 bits per heavy atom. The molecule has 0 spiro atoms. The normalized spacial score (nSPS) is 15.3. The van der Waals surface area contributed by atoms with Gasteiger partial charge < -0.3 is 14.6 Å². The molecule has 1 aromatic rings. The molecule has 0 bridgehead atoms. The van der Waals surface area contributed by atoms with Gasteiger partial charge in [0.1, 0.15) is 5.69 Å². The molecule has 120 valence electrons. The highest BCUT2D eigenvalue weighted by Crippen LogP contribution is 2.31. The van der Waals surface area contributed by atoms with Gasteiger partial charge in [-0.2, -0.15) is 0 Å². The van der Waals surface area contributed by atoms with E-state index < -0.39 is 12.0 Å². The van der Waals surface area contributed by atoms with Crippen molar-refractivity contribution in [2.45, 2.75) is 39.7 Å². The van der Waals surface area contributed by atoms with Gasteiger partial charge in [0.2, 0.25) is 5.91 Å². The van der Waals surface area contributed by atoms with Crippen molar-refractivity contribution < 1.29 is 19.1 Å². The van der Waals surface area contributed by atoms with Gasteiger partial charge >= 0.3 is 5.97 Å². The number of hydrogen-bond donors (Lipinski definition) is 1. The minimum absolute atomic E-state index is 0.0138. The van der Waals surface area contributed by atoms with Crippen LogP contribution in [0.15, 0.2) is 0 Å². The Morgan fingerprint density at radius 1 is 1.27 bits per heavy atom. The second-order valence-corrected chi connectivity index (χ2v) is 5.88. The van der Waals surface area contributed by atoms with Crippen molar-refractivity contribution in [1.82, 2.24) is 9.88 Å². The maximum atomic E-state index is 12.7. The fourth-order valence-electron chi connectivity index (χ4n) is 2.62. The number of methoxy groups -OCH3 is 1. The molecular weight excluding hydrogens is 284 g/mol. The monoisotopic (exact) mass is 306 g/mol. The lowest BCUT2D eigenvalue weighted by atomic mass is 10.00. The number of hydrogen-bond acceptors (Lipinski definition) is 4. The van der Waals surface area contributed by atoms with E-state index >= 15 is 0 Å². The minimum atomic E-state index is -0.563. The molecular formula is C16H22N2O4. The summed E-state index contributed by atoms with van der Waals surface area (Å²) in [6.07, 6.45) is 1.80. The highest BCUT2D eigenvalue weighted by atomic mass is 16.5. The van der Waals surface area contributed by atoms with Crippen LogP contribution in [0.25, 0.3) is 0 Å². The standard InChI is InChI=1S/C16H22N2O4/c1-8-12(9(2)17-13(8)16(21)22-5)14(19)10(3)18(4)15(20)11-6-7-11/h10-11,17H,6-7H2,1-5H3/t10-/m1/s1. The molecule has 6 nitrogen and oxygen atoms in total. The molecule has 1 aromatic heterocycles. The summed E-state index contributed by atoms with van der Waals surface area (Å²) in [6, 6.07) is -0.563. The number of Topliss-reactive ketones (excluding diaryl/α,β-unsaturated/α-hetero) is 1. The number of esters is 1. The van der Waals surface area contributed by atoms with E-state index in [0.29, 0.717) is 16.8 Å². The number of aryl methyl sites for hydroxylation is 1. The molecule has 1 fully saturated rings. The van der Waals surface area contributed by atoms with Crippen LogP contribution < -0.4 is 0 Å². The van der Waals surface area contributed by atoms with Crippen LogP contribution in [0.3, 0.4) is 0 Å². The number of likely N-dealkylation sites (N-methyl/N-ethyl adjacent to an activating group) is 1. The number of amides is 1. The number of rotatable bonds is 5. The van der Waals surface area contributed by atoms with Crippen molar-refractivity contribution in [2.24, 2.45) is 5.92 Å². The van der Waals surface area contributed by atoms with Gasteiger partial charge in [-0.25, -0.2) is 4.79 Å². The number of carbonyl (C=O) groups is 3. The van der Waals surface area contributed by atoms with Gasteiger partial charge in [0.05, 0.1) is 13.2 Å². The second kappa shape index (κ2) is 5.94. The van der Waals surface area contributed by atoms with Crippen LogP contribution in [-0.2, 0) is 9.53 Å². The molecule has 1 heterocycles. The lowest BCUT2D eigenvalue weighted by molar-refractivity contribution is -0.132. The van der Waals surface area contributed by atoms with E-state index in [0.717, 1.165) is 12.8 Å². The van der Waals surface area contributed by atoms with E-state index in [-0.39, 0.29) is 23.3 Å². The van der Waals surface area contributed by atoms with Crippen molar-refractivity contribution >= 4 is 17.7 Å². The van der Waals surface area contributed by atoms with E-state index in [1.54, 1.807) is 27.8 Å². The van der Waals surface area contributed by atoms with E-state index in [9.17, 15) is 14.4 Å². The minimum Gasteiger partial charge on any atom is -0.464 e. The third-order valence-corrected chi connectivity index (χ3v) is 4.31. The predicted molar refractivity (Wildman–Crippen MR) is 80.9 cm³/mol. The molecule has 0 aliphatic heterocycles. The number of aromatic amines is 1. The summed E-state index contributed by atoms with van der Waals surface area (Å²) in [5.41, 5.74) is 1.92. The molecule has 0 radical (unpaired) electrons. The van der Waals surface area contributed by atoms with Gasteiger partial charge in [0.15, 0.2) is 5.78 Å². The topological polar surface area (TPSA) is 79.5 Å². The van der Waals surface area contributed by atoms with Gasteiger partial charge in [-0.3, -0.25) is 9.59 Å². The van der Waals surface area contributed by atoms with Gasteiger partial charge in [-0.05, 0) is 39.2 Å². The van der Waals surface area contributed by atoms with Crippen LogP contribution in [0, 0.1) is 19.8 Å². The Labute approximate surface area is 129 Å². The summed E-state index contributed by atoms with van der Waals surface area (Å²) in [5, 5.41) is 0. The summed E-state index contributed by atoms with van der Waals surface area (Å²) in [4.78, 5) is 40.9. The lowest BCUT2D eigenvalue weighted by Gasteiger charge is -2.24. The van der Waals surface area contributed by atoms with Crippen molar-refractivity contribution in [3.63, 3.8) is 0 Å². The first-order valence-electron chi connectivity index (χ1n) is 7.37. The van der Waals surface area contributed by atoms with Crippen LogP contribution >= 0.6 is 0 Å². The largest absolute Gasteiger partial charge is 0.464 e. The SMILES string of the molecule is COC(=O)c1[nH]c(C)c(C(=O)[C@@H](C)N(C)C(=O)C2CC2)c1C. The molecule has 1 amide bonds. The molecule has 2 rings (SSSR count). The Kier molecular flexibility index (Phi) is 4.39. The molecule has 1 N–H and O–H groups in total. The molecule has 0 unspecified atom stereocenters. The van der Waals surface area contributed by atoms with Crippen LogP contribution in [0.1, 0.15) is 51.9 Å². The maximum Gasteiger partial charge on any atom is 0.354 e. The van der Waals surface area contributed by atoms with Gasteiger partial charge in [0.25, 0.3) is 0 Å². The number of ketones is 1. The first-order valence-corrected chi connectivity index (χ1v) is 7.37. The zero-order valence-corrected chi connectivity index (χ0v) is 13.6. The summed E-state index contributed by atoms with van der Waals surface area (Å²) < 4.78 is 4.71. The average molecular weight is 306 g/mol. The van der Waals surface area contributed by atoms with Crippen LogP contribution in [0.5, 0.6) is 0 Å². The number of nitrogens with zero attached hydrogens (tertiary/aromatic N) is 1. The predicted octanol–water partition coefficient (Wildman–Crippen LogP) is 1.86. The molecule has 22 heavy (non-hydrogen) atoms. The third kappa shape index (κ3) is 2.77. The van der Waals surface area contributed by atoms with Crippen molar-refractivity contribution in [3.05, 3.63) is 22.5 Å². The first kappa shape index (κ1) is 16.3. The maximum absolute atomic E-state index is 12.7. The number of nitrogens with one attached hydrogen (secondary N) is 1. The van der Waals surface area contributed by atoms with E-state index in [4.69, 9.17) is 4.74 Å². The molecule has 0 aromatic carbocycles. The summed E-state index contributed by atoms with van der Waals surface area (Å²) >= 11 is 0. The van der Waals surface area contributed by atoms with Crippen molar-refractivity contribution in [3.8, 4) is 0 Å². The third-order valence-electron chi connectivity index (χ3n) is 4.31. The zero-order chi connectivity index (χ0) is 16.6. The quantitative estimate of drug-likeness (QED) is 0.665. The van der Waals surface area contributed by atoms with Gasteiger partial charge in [-0.1, -0.05) is 0 Å². The van der Waals surface area contributed by atoms with Crippen LogP contribution in [-0.4, -0.2) is 47.7 Å². The Hall–Kier alpha value is -2.11. The Balaban J connectivity index is 2.27. The van der Waals surface area contributed by atoms with E-state index in [1.165, 1.54) is 12.0 Å². The lowest BCUT2D eigenvalue weighted by Crippen LogP contribution is -2.41. The number of H-pyrrole nitrogens is 1. The summed E-state index contributed by atoms with van der Waals surface area (Å²) in [6.45, 7) is 5.16. The Morgan fingerprint density at radius 2 is 1.86 bits per heavy atom. The molecule has 1 saturated carbocycles. The summed E-state index contributed by atoms with van der Waals surface area (Å²) in [7, 11) is 2.95. The van der Waals surface area contributed by atoms with Crippen molar-refractivity contribution in [2.75, 3.05) is 14.2 Å². The highest BCUT2D eigenvalue weighted by Gasteiger charge is 2.36. The van der Waals surface area contributed by atoms with Gasteiger partial charge in [-0.15, -0.1) is 0 Å². The highest BCUT2D eigenvalue weighted by molar-refractivity contribution is 6.06. The van der Waals surface area contributed by atoms with Gasteiger partial charge in [0, 0.05) is 24.2 Å². The van der Waals surface area contributed by atoms with E-state index in [1.807, 2.05) is 0 Å². The van der Waals surface area contributed by atoms with Crippen LogP contribution in [0.4, 0.5) is 0 Å². The molecule has 1 aliphatic rings. The smallest absolute Gasteiger partial charge is 0.354 e. The molecule has 1 atom stereocenters. The second-order valence-electron chi connectivity index (χ2n) is 5.88.